The molecule has 0 saturated carbocycles. The Morgan fingerprint density at radius 2 is 1.52 bits per heavy atom. The lowest BCUT2D eigenvalue weighted by Gasteiger charge is -2.32. The number of sulfonamides is 1. The van der Waals surface area contributed by atoms with Crippen LogP contribution in [0.4, 0.5) is 5.69 Å². The number of rotatable bonds is 11. The molecule has 3 aromatic carbocycles. The van der Waals surface area contributed by atoms with Crippen LogP contribution in [0.5, 0.6) is 0 Å². The Hall–Kier alpha value is -3.36. The molecule has 0 aliphatic carbocycles. The topological polar surface area (TPSA) is 86.8 Å². The predicted molar refractivity (Wildman–Crippen MR) is 161 cm³/mol. The molecule has 3 rings (SSSR count). The number of carbonyl (C=O) groups is 2. The fourth-order valence-electron chi connectivity index (χ4n) is 4.34. The highest BCUT2D eigenvalue weighted by molar-refractivity contribution is 7.92. The Morgan fingerprint density at radius 3 is 2.10 bits per heavy atom. The summed E-state index contributed by atoms with van der Waals surface area (Å²) in [7, 11) is -4.12. The summed E-state index contributed by atoms with van der Waals surface area (Å²) in [5.74, 6) is -0.828. The number of anilines is 1. The fourth-order valence-corrected chi connectivity index (χ4v) is 5.95. The summed E-state index contributed by atoms with van der Waals surface area (Å²) in [6.45, 7) is 10.7. The SMILES string of the molecule is CC[C@@H](C)NC(=O)[C@H](C)N(Cc1cccc(Cl)c1)C(=O)CN(c1cc(C)cc(C)c1)S(=O)(=O)c1ccc(C)cc1. The number of nitrogens with zero attached hydrogens (tertiary/aromatic N) is 2. The van der Waals surface area contributed by atoms with Gasteiger partial charge in [-0.05, 0) is 94.1 Å². The third kappa shape index (κ3) is 7.86. The zero-order valence-corrected chi connectivity index (χ0v) is 25.5. The average Bonchev–Trinajstić information content (AvgIpc) is 2.89. The van der Waals surface area contributed by atoms with Gasteiger partial charge in [0.05, 0.1) is 10.6 Å². The van der Waals surface area contributed by atoms with E-state index in [1.54, 1.807) is 49.4 Å². The predicted octanol–water partition coefficient (Wildman–Crippen LogP) is 5.79. The smallest absolute Gasteiger partial charge is 0.264 e. The van der Waals surface area contributed by atoms with Gasteiger partial charge in [0.1, 0.15) is 12.6 Å². The van der Waals surface area contributed by atoms with Crippen molar-refractivity contribution in [2.24, 2.45) is 0 Å². The van der Waals surface area contributed by atoms with Gasteiger partial charge in [0, 0.05) is 17.6 Å². The highest BCUT2D eigenvalue weighted by atomic mass is 35.5. The van der Waals surface area contributed by atoms with E-state index in [9.17, 15) is 18.0 Å². The van der Waals surface area contributed by atoms with Gasteiger partial charge in [-0.3, -0.25) is 13.9 Å². The first-order chi connectivity index (χ1) is 18.8. The first-order valence-electron chi connectivity index (χ1n) is 13.3. The monoisotopic (exact) mass is 583 g/mol. The summed E-state index contributed by atoms with van der Waals surface area (Å²) < 4.78 is 29.1. The summed E-state index contributed by atoms with van der Waals surface area (Å²) in [6, 6.07) is 18.1. The Morgan fingerprint density at radius 1 is 0.900 bits per heavy atom. The van der Waals surface area contributed by atoms with Crippen molar-refractivity contribution in [3.8, 4) is 0 Å². The van der Waals surface area contributed by atoms with E-state index < -0.39 is 28.5 Å². The van der Waals surface area contributed by atoms with E-state index in [0.717, 1.165) is 33.0 Å². The van der Waals surface area contributed by atoms with Gasteiger partial charge in [0.2, 0.25) is 11.8 Å². The second-order valence-electron chi connectivity index (χ2n) is 10.3. The van der Waals surface area contributed by atoms with Crippen LogP contribution >= 0.6 is 11.6 Å². The van der Waals surface area contributed by atoms with E-state index in [1.165, 1.54) is 17.0 Å². The zero-order chi connectivity index (χ0) is 29.6. The number of halogens is 1. The van der Waals surface area contributed by atoms with Gasteiger partial charge >= 0.3 is 0 Å². The number of benzene rings is 3. The lowest BCUT2D eigenvalue weighted by molar-refractivity contribution is -0.139. The van der Waals surface area contributed by atoms with Gasteiger partial charge in [0.15, 0.2) is 0 Å². The minimum Gasteiger partial charge on any atom is -0.352 e. The van der Waals surface area contributed by atoms with E-state index in [2.05, 4.69) is 5.32 Å². The molecule has 0 aromatic heterocycles. The quantitative estimate of drug-likeness (QED) is 0.309. The van der Waals surface area contributed by atoms with Crippen LogP contribution in [0.25, 0.3) is 0 Å². The summed E-state index contributed by atoms with van der Waals surface area (Å²) in [6.07, 6.45) is 0.732. The molecule has 2 atom stereocenters. The molecule has 2 amide bonds. The average molecular weight is 584 g/mol. The number of hydrogen-bond acceptors (Lipinski definition) is 4. The van der Waals surface area contributed by atoms with Gasteiger partial charge in [-0.2, -0.15) is 0 Å². The Balaban J connectivity index is 2.06. The molecule has 9 heteroatoms. The number of hydrogen-bond donors (Lipinski definition) is 1. The largest absolute Gasteiger partial charge is 0.352 e. The van der Waals surface area contributed by atoms with Crippen molar-refractivity contribution in [3.63, 3.8) is 0 Å². The van der Waals surface area contributed by atoms with E-state index in [-0.39, 0.29) is 23.4 Å². The van der Waals surface area contributed by atoms with Crippen molar-refractivity contribution >= 4 is 39.1 Å². The number of aryl methyl sites for hydroxylation is 3. The van der Waals surface area contributed by atoms with Gasteiger partial charge in [-0.25, -0.2) is 8.42 Å². The van der Waals surface area contributed by atoms with Gasteiger partial charge in [-0.1, -0.05) is 54.4 Å². The third-order valence-corrected chi connectivity index (χ3v) is 8.82. The van der Waals surface area contributed by atoms with E-state index in [0.29, 0.717) is 10.7 Å². The van der Waals surface area contributed by atoms with E-state index in [1.807, 2.05) is 46.8 Å². The minimum absolute atomic E-state index is 0.0771. The first kappa shape index (κ1) is 31.2. The molecule has 0 fully saturated rings. The fraction of sp³-hybridized carbons (Fsp3) is 0.355. The van der Waals surface area contributed by atoms with Crippen molar-refractivity contribution in [2.45, 2.75) is 71.5 Å². The standard InChI is InChI=1S/C31H38ClN3O4S/c1-7-24(5)33-31(37)25(6)34(19-26-9-8-10-27(32)18-26)30(36)20-35(28-16-22(3)15-23(4)17-28)40(38,39)29-13-11-21(2)12-14-29/h8-18,24-25H,7,19-20H2,1-6H3,(H,33,37)/t24-,25+/m1/s1. The molecule has 214 valence electrons. The zero-order valence-electron chi connectivity index (χ0n) is 23.9. The lowest BCUT2D eigenvalue weighted by Crippen LogP contribution is -2.52. The maximum Gasteiger partial charge on any atom is 0.264 e. The lowest BCUT2D eigenvalue weighted by atomic mass is 10.1. The van der Waals surface area contributed by atoms with Crippen molar-refractivity contribution < 1.29 is 18.0 Å². The minimum atomic E-state index is -4.12. The molecule has 3 aromatic rings. The van der Waals surface area contributed by atoms with Gasteiger partial charge in [-0.15, -0.1) is 0 Å². The molecule has 7 nitrogen and oxygen atoms in total. The molecular weight excluding hydrogens is 546 g/mol. The summed E-state index contributed by atoms with van der Waals surface area (Å²) in [4.78, 5) is 28.7. The van der Waals surface area contributed by atoms with E-state index in [4.69, 9.17) is 11.6 Å². The number of carbonyl (C=O) groups excluding carboxylic acids is 2. The van der Waals surface area contributed by atoms with Crippen molar-refractivity contribution in [1.29, 1.82) is 0 Å². The van der Waals surface area contributed by atoms with Crippen molar-refractivity contribution in [1.82, 2.24) is 10.2 Å². The Labute approximate surface area is 243 Å². The maximum absolute atomic E-state index is 14.0. The molecule has 0 radical (unpaired) electrons. The molecule has 0 saturated heterocycles. The Bertz CT molecular complexity index is 1440. The van der Waals surface area contributed by atoms with Gasteiger partial charge in [0.25, 0.3) is 10.0 Å². The van der Waals surface area contributed by atoms with Crippen molar-refractivity contribution in [2.75, 3.05) is 10.8 Å². The van der Waals surface area contributed by atoms with E-state index >= 15 is 0 Å². The van der Waals surface area contributed by atoms with Crippen LogP contribution in [-0.2, 0) is 26.2 Å². The van der Waals surface area contributed by atoms with Crippen LogP contribution in [0.2, 0.25) is 5.02 Å². The van der Waals surface area contributed by atoms with Crippen LogP contribution in [0, 0.1) is 20.8 Å². The van der Waals surface area contributed by atoms with Gasteiger partial charge < -0.3 is 10.2 Å². The van der Waals surface area contributed by atoms with Crippen LogP contribution in [0.15, 0.2) is 71.6 Å². The molecule has 0 unspecified atom stereocenters. The number of amides is 2. The second kappa shape index (κ2) is 13.3. The molecule has 40 heavy (non-hydrogen) atoms. The highest BCUT2D eigenvalue weighted by Gasteiger charge is 2.33. The summed E-state index contributed by atoms with van der Waals surface area (Å²) in [5.41, 5.74) is 3.75. The van der Waals surface area contributed by atoms with Crippen LogP contribution in [-0.4, -0.2) is 43.8 Å². The normalized spacial score (nSPS) is 12.9. The molecule has 0 heterocycles. The van der Waals surface area contributed by atoms with Crippen LogP contribution in [0.3, 0.4) is 0 Å². The molecule has 0 aliphatic heterocycles. The Kier molecular flexibility index (Phi) is 10.4. The second-order valence-corrected chi connectivity index (χ2v) is 12.6. The number of nitrogens with one attached hydrogen (secondary N) is 1. The molecule has 1 N–H and O–H groups in total. The van der Waals surface area contributed by atoms with Crippen LogP contribution < -0.4 is 9.62 Å². The third-order valence-electron chi connectivity index (χ3n) is 6.79. The molecule has 0 aliphatic rings. The van der Waals surface area contributed by atoms with Crippen LogP contribution in [0.1, 0.15) is 49.4 Å². The highest BCUT2D eigenvalue weighted by Crippen LogP contribution is 2.27. The maximum atomic E-state index is 14.0. The summed E-state index contributed by atoms with van der Waals surface area (Å²) >= 11 is 6.20. The molecular formula is C31H38ClN3O4S. The molecule has 0 bridgehead atoms. The molecule has 0 spiro atoms. The van der Waals surface area contributed by atoms with Crippen molar-refractivity contribution in [3.05, 3.63) is 94.0 Å². The summed E-state index contributed by atoms with van der Waals surface area (Å²) in [5, 5.41) is 3.43. The first-order valence-corrected chi connectivity index (χ1v) is 15.2.